The van der Waals surface area contributed by atoms with E-state index in [1.54, 1.807) is 25.3 Å². The molecule has 0 aromatic heterocycles. The number of amides is 2. The fourth-order valence-electron chi connectivity index (χ4n) is 2.76. The van der Waals surface area contributed by atoms with Crippen LogP contribution in [-0.4, -0.2) is 18.9 Å². The predicted octanol–water partition coefficient (Wildman–Crippen LogP) is 3.20. The van der Waals surface area contributed by atoms with Gasteiger partial charge in [0.05, 0.1) is 17.3 Å². The van der Waals surface area contributed by atoms with Crippen molar-refractivity contribution in [3.8, 4) is 5.75 Å². The van der Waals surface area contributed by atoms with Crippen LogP contribution in [-0.2, 0) is 9.59 Å². The summed E-state index contributed by atoms with van der Waals surface area (Å²) in [6.07, 6.45) is 3.39. The lowest BCUT2D eigenvalue weighted by atomic mass is 9.93. The van der Waals surface area contributed by atoms with Gasteiger partial charge in [-0.25, -0.2) is 4.90 Å². The van der Waals surface area contributed by atoms with Crippen molar-refractivity contribution in [2.24, 2.45) is 0 Å². The van der Waals surface area contributed by atoms with Crippen LogP contribution in [0.15, 0.2) is 33.8 Å². The Bertz CT molecular complexity index is 608. The molecule has 0 bridgehead atoms. The Kier molecular flexibility index (Phi) is 3.38. The van der Waals surface area contributed by atoms with Crippen molar-refractivity contribution < 1.29 is 14.3 Å². The first-order chi connectivity index (χ1) is 9.63. The maximum Gasteiger partial charge on any atom is 0.261 e. The third-order valence-electron chi connectivity index (χ3n) is 3.78. The number of nitrogens with zero attached hydrogens (tertiary/aromatic N) is 1. The molecule has 2 amide bonds. The van der Waals surface area contributed by atoms with Gasteiger partial charge in [-0.05, 0) is 53.7 Å². The fourth-order valence-corrected chi connectivity index (χ4v) is 3.17. The molecule has 1 aliphatic heterocycles. The monoisotopic (exact) mass is 335 g/mol. The number of benzene rings is 1. The Morgan fingerprint density at radius 3 is 2.25 bits per heavy atom. The first-order valence-electron chi connectivity index (χ1n) is 6.58. The van der Waals surface area contributed by atoms with Gasteiger partial charge in [-0.2, -0.15) is 0 Å². The highest BCUT2D eigenvalue weighted by molar-refractivity contribution is 9.10. The van der Waals surface area contributed by atoms with E-state index in [9.17, 15) is 9.59 Å². The summed E-state index contributed by atoms with van der Waals surface area (Å²) >= 11 is 3.37. The number of anilines is 1. The molecule has 0 N–H and O–H groups in total. The average Bonchev–Trinajstić information content (AvgIpc) is 2.72. The van der Waals surface area contributed by atoms with Crippen molar-refractivity contribution in [2.75, 3.05) is 12.0 Å². The van der Waals surface area contributed by atoms with E-state index in [1.165, 1.54) is 4.90 Å². The first-order valence-corrected chi connectivity index (χ1v) is 7.37. The van der Waals surface area contributed by atoms with E-state index in [0.717, 1.165) is 17.3 Å². The minimum Gasteiger partial charge on any atom is -0.495 e. The second-order valence-electron chi connectivity index (χ2n) is 4.93. The van der Waals surface area contributed by atoms with Gasteiger partial charge in [0.2, 0.25) is 0 Å². The molecular weight excluding hydrogens is 322 g/mol. The third-order valence-corrected chi connectivity index (χ3v) is 4.44. The number of methoxy groups -OCH3 is 1. The lowest BCUT2D eigenvalue weighted by Crippen LogP contribution is -2.31. The summed E-state index contributed by atoms with van der Waals surface area (Å²) in [5.41, 5.74) is 1.96. The molecule has 0 saturated carbocycles. The first kappa shape index (κ1) is 13.4. The van der Waals surface area contributed by atoms with Gasteiger partial charge in [0.15, 0.2) is 0 Å². The minimum absolute atomic E-state index is 0.172. The number of hydrogen-bond donors (Lipinski definition) is 0. The van der Waals surface area contributed by atoms with Crippen molar-refractivity contribution in [1.29, 1.82) is 0 Å². The van der Waals surface area contributed by atoms with E-state index >= 15 is 0 Å². The maximum absolute atomic E-state index is 12.4. The minimum atomic E-state index is -0.172. The van der Waals surface area contributed by atoms with Crippen LogP contribution in [0.1, 0.15) is 25.7 Å². The molecule has 0 unspecified atom stereocenters. The second-order valence-corrected chi connectivity index (χ2v) is 5.78. The molecule has 0 saturated heterocycles. The van der Waals surface area contributed by atoms with Gasteiger partial charge in [-0.15, -0.1) is 0 Å². The van der Waals surface area contributed by atoms with Gasteiger partial charge in [0, 0.05) is 17.2 Å². The third kappa shape index (κ3) is 1.97. The highest BCUT2D eigenvalue weighted by Gasteiger charge is 2.39. The standard InChI is InChI=1S/C15H14BrNO3/c1-20-13-8-9(6-7-12(13)16)17-14(18)10-4-2-3-5-11(10)15(17)19/h6-8H,2-5H2,1H3. The van der Waals surface area contributed by atoms with Crippen LogP contribution >= 0.6 is 15.9 Å². The Balaban J connectivity index is 2.00. The summed E-state index contributed by atoms with van der Waals surface area (Å²) < 4.78 is 6.02. The van der Waals surface area contributed by atoms with Gasteiger partial charge >= 0.3 is 0 Å². The Morgan fingerprint density at radius 2 is 1.70 bits per heavy atom. The van der Waals surface area contributed by atoms with Crippen LogP contribution < -0.4 is 9.64 Å². The molecule has 3 rings (SSSR count). The van der Waals surface area contributed by atoms with Crippen LogP contribution in [0, 0.1) is 0 Å². The largest absolute Gasteiger partial charge is 0.495 e. The Morgan fingerprint density at radius 1 is 1.10 bits per heavy atom. The van der Waals surface area contributed by atoms with Crippen molar-refractivity contribution in [2.45, 2.75) is 25.7 Å². The number of rotatable bonds is 2. The molecule has 20 heavy (non-hydrogen) atoms. The second kappa shape index (κ2) is 5.05. The number of hydrogen-bond acceptors (Lipinski definition) is 3. The average molecular weight is 336 g/mol. The van der Waals surface area contributed by atoms with Crippen molar-refractivity contribution in [3.63, 3.8) is 0 Å². The quantitative estimate of drug-likeness (QED) is 0.779. The molecule has 2 aliphatic rings. The van der Waals surface area contributed by atoms with Crippen LogP contribution in [0.3, 0.4) is 0 Å². The lowest BCUT2D eigenvalue weighted by molar-refractivity contribution is -0.120. The summed E-state index contributed by atoms with van der Waals surface area (Å²) in [7, 11) is 1.56. The molecule has 1 aliphatic carbocycles. The van der Waals surface area contributed by atoms with Crippen molar-refractivity contribution in [3.05, 3.63) is 33.8 Å². The van der Waals surface area contributed by atoms with Crippen LogP contribution in [0.2, 0.25) is 0 Å². The molecule has 0 spiro atoms. The molecule has 1 aromatic carbocycles. The number of carbonyl (C=O) groups excluding carboxylic acids is 2. The van der Waals surface area contributed by atoms with Gasteiger partial charge in [-0.3, -0.25) is 9.59 Å². The molecule has 4 nitrogen and oxygen atoms in total. The zero-order valence-electron chi connectivity index (χ0n) is 11.1. The number of carbonyl (C=O) groups is 2. The van der Waals surface area contributed by atoms with E-state index in [0.29, 0.717) is 35.4 Å². The summed E-state index contributed by atoms with van der Waals surface area (Å²) in [6.45, 7) is 0. The Hall–Kier alpha value is -1.62. The molecule has 0 atom stereocenters. The molecular formula is C15H14BrNO3. The predicted molar refractivity (Wildman–Crippen MR) is 78.7 cm³/mol. The van der Waals surface area contributed by atoms with Gasteiger partial charge in [0.25, 0.3) is 11.8 Å². The van der Waals surface area contributed by atoms with Crippen LogP contribution in [0.4, 0.5) is 5.69 Å². The van der Waals surface area contributed by atoms with Crippen molar-refractivity contribution in [1.82, 2.24) is 0 Å². The summed E-state index contributed by atoms with van der Waals surface area (Å²) in [5.74, 6) is 0.260. The Labute approximate surface area is 125 Å². The number of halogens is 1. The molecule has 0 fully saturated rings. The topological polar surface area (TPSA) is 46.6 Å². The summed E-state index contributed by atoms with van der Waals surface area (Å²) in [6, 6.07) is 5.24. The van der Waals surface area contributed by atoms with Gasteiger partial charge in [0.1, 0.15) is 5.75 Å². The van der Waals surface area contributed by atoms with E-state index in [1.807, 2.05) is 0 Å². The maximum atomic E-state index is 12.4. The smallest absolute Gasteiger partial charge is 0.261 e. The van der Waals surface area contributed by atoms with E-state index in [4.69, 9.17) is 4.74 Å². The highest BCUT2D eigenvalue weighted by Crippen LogP contribution is 2.37. The number of imide groups is 1. The lowest BCUT2D eigenvalue weighted by Gasteiger charge is -2.16. The fraction of sp³-hybridized carbons (Fsp3) is 0.333. The summed E-state index contributed by atoms with van der Waals surface area (Å²) in [4.78, 5) is 26.1. The summed E-state index contributed by atoms with van der Waals surface area (Å²) in [5, 5.41) is 0. The van der Waals surface area contributed by atoms with E-state index in [2.05, 4.69) is 15.9 Å². The normalized spacial score (nSPS) is 18.6. The molecule has 5 heteroatoms. The molecule has 104 valence electrons. The van der Waals surface area contributed by atoms with Crippen LogP contribution in [0.5, 0.6) is 5.75 Å². The highest BCUT2D eigenvalue weighted by atomic mass is 79.9. The molecule has 1 aromatic rings. The van der Waals surface area contributed by atoms with Gasteiger partial charge in [-0.1, -0.05) is 0 Å². The van der Waals surface area contributed by atoms with Gasteiger partial charge < -0.3 is 4.74 Å². The van der Waals surface area contributed by atoms with E-state index in [-0.39, 0.29) is 11.8 Å². The van der Waals surface area contributed by atoms with Crippen molar-refractivity contribution >= 4 is 33.4 Å². The zero-order chi connectivity index (χ0) is 14.3. The zero-order valence-corrected chi connectivity index (χ0v) is 12.7. The SMILES string of the molecule is COc1cc(N2C(=O)C3=C(CCCC3)C2=O)ccc1Br. The number of ether oxygens (including phenoxy) is 1. The van der Waals surface area contributed by atoms with E-state index < -0.39 is 0 Å². The molecule has 1 heterocycles. The molecule has 0 radical (unpaired) electrons. The van der Waals surface area contributed by atoms with Crippen LogP contribution in [0.25, 0.3) is 0 Å².